The Bertz CT molecular complexity index is 1280. The van der Waals surface area contributed by atoms with Gasteiger partial charge in [0.2, 0.25) is 5.13 Å². The number of aromatic nitrogens is 2. The molecule has 0 unspecified atom stereocenters. The van der Waals surface area contributed by atoms with Crippen LogP contribution in [0.5, 0.6) is 5.75 Å². The summed E-state index contributed by atoms with van der Waals surface area (Å²) < 4.78 is 6.52. The summed E-state index contributed by atoms with van der Waals surface area (Å²) in [5.41, 5.74) is 1.56. The molecule has 0 aliphatic carbocycles. The van der Waals surface area contributed by atoms with E-state index in [0.717, 1.165) is 29.4 Å². The number of thioether (sulfide) groups is 1. The number of carbonyl (C=O) groups excluding carboxylic acids is 1. The largest absolute Gasteiger partial charge is 0.490 e. The predicted molar refractivity (Wildman–Crippen MR) is 147 cm³/mol. The number of halogens is 2. The highest BCUT2D eigenvalue weighted by molar-refractivity contribution is 8.00. The molecule has 0 fully saturated rings. The van der Waals surface area contributed by atoms with Gasteiger partial charge in [0.15, 0.2) is 10.1 Å². The van der Waals surface area contributed by atoms with Crippen LogP contribution in [0.2, 0.25) is 10.0 Å². The molecule has 1 N–H and O–H groups in total. The first-order valence-electron chi connectivity index (χ1n) is 11.4. The minimum Gasteiger partial charge on any atom is -0.490 e. The Kier molecular flexibility index (Phi) is 9.26. The molecule has 1 aromatic heterocycles. The average Bonchev–Trinajstić information content (AvgIpc) is 3.31. The summed E-state index contributed by atoms with van der Waals surface area (Å²) in [6, 6.07) is 17.7. The van der Waals surface area contributed by atoms with Gasteiger partial charge < -0.3 is 4.74 Å². The molecule has 0 atom stereocenters. The van der Waals surface area contributed by atoms with Crippen LogP contribution >= 0.6 is 46.3 Å². The summed E-state index contributed by atoms with van der Waals surface area (Å²) in [5, 5.41) is 14.6. The van der Waals surface area contributed by atoms with Crippen molar-refractivity contribution in [3.8, 4) is 5.75 Å². The van der Waals surface area contributed by atoms with E-state index in [-0.39, 0.29) is 5.91 Å². The van der Waals surface area contributed by atoms with Gasteiger partial charge in [0, 0.05) is 11.3 Å². The molecule has 1 amide bonds. The molecule has 0 saturated carbocycles. The first kappa shape index (κ1) is 25.8. The summed E-state index contributed by atoms with van der Waals surface area (Å²) in [7, 11) is 0. The molecule has 3 aromatic carbocycles. The van der Waals surface area contributed by atoms with Gasteiger partial charge in [-0.2, -0.15) is 0 Å². The van der Waals surface area contributed by atoms with E-state index in [1.54, 1.807) is 23.9 Å². The van der Waals surface area contributed by atoms with Crippen molar-refractivity contribution in [2.24, 2.45) is 0 Å². The molecule has 182 valence electrons. The molecule has 0 radical (unpaired) electrons. The van der Waals surface area contributed by atoms with Gasteiger partial charge in [-0.1, -0.05) is 115 Å². The Labute approximate surface area is 223 Å². The molecule has 35 heavy (non-hydrogen) atoms. The van der Waals surface area contributed by atoms with E-state index >= 15 is 0 Å². The van der Waals surface area contributed by atoms with E-state index in [1.807, 2.05) is 12.1 Å². The van der Waals surface area contributed by atoms with Crippen LogP contribution in [0.3, 0.4) is 0 Å². The fraction of sp³-hybridized carbons (Fsp3) is 0.269. The molecule has 5 nitrogen and oxygen atoms in total. The number of nitrogens with zero attached hydrogens (tertiary/aromatic N) is 2. The fourth-order valence-electron chi connectivity index (χ4n) is 3.58. The van der Waals surface area contributed by atoms with Crippen LogP contribution in [0.4, 0.5) is 5.13 Å². The third kappa shape index (κ3) is 6.88. The Morgan fingerprint density at radius 3 is 2.60 bits per heavy atom. The van der Waals surface area contributed by atoms with Crippen LogP contribution in [0.25, 0.3) is 10.8 Å². The number of carbonyl (C=O) groups is 1. The van der Waals surface area contributed by atoms with Gasteiger partial charge in [-0.05, 0) is 34.9 Å². The molecule has 9 heteroatoms. The number of ether oxygens (including phenoxy) is 1. The van der Waals surface area contributed by atoms with Crippen molar-refractivity contribution in [3.63, 3.8) is 0 Å². The molecule has 0 bridgehead atoms. The number of anilines is 1. The van der Waals surface area contributed by atoms with Crippen LogP contribution in [0, 0.1) is 0 Å². The van der Waals surface area contributed by atoms with Crippen LogP contribution in [0.15, 0.2) is 58.9 Å². The van der Waals surface area contributed by atoms with Crippen LogP contribution in [0.1, 0.15) is 48.5 Å². The van der Waals surface area contributed by atoms with Crippen LogP contribution in [-0.2, 0) is 5.75 Å². The Balaban J connectivity index is 1.35. The molecule has 0 aliphatic heterocycles. The summed E-state index contributed by atoms with van der Waals surface area (Å²) >= 11 is 15.6. The highest BCUT2D eigenvalue weighted by Gasteiger charge is 2.16. The number of fused-ring (bicyclic) bond motifs is 1. The van der Waals surface area contributed by atoms with E-state index < -0.39 is 0 Å². The highest BCUT2D eigenvalue weighted by atomic mass is 35.5. The Morgan fingerprint density at radius 2 is 1.80 bits per heavy atom. The Morgan fingerprint density at radius 1 is 1.03 bits per heavy atom. The maximum atomic E-state index is 12.8. The summed E-state index contributed by atoms with van der Waals surface area (Å²) in [4.78, 5) is 12.8. The third-order valence-corrected chi connectivity index (χ3v) is 7.95. The zero-order chi connectivity index (χ0) is 24.6. The average molecular weight is 547 g/mol. The molecule has 0 spiro atoms. The minimum atomic E-state index is -0.356. The molecule has 0 saturated heterocycles. The number of benzene rings is 3. The van der Waals surface area contributed by atoms with Gasteiger partial charge in [-0.3, -0.25) is 10.1 Å². The van der Waals surface area contributed by atoms with Crippen molar-refractivity contribution in [2.75, 3.05) is 11.9 Å². The summed E-state index contributed by atoms with van der Waals surface area (Å²) in [6.07, 6.45) is 4.35. The SMILES string of the molecule is CCCCCCOc1c(Cl)cc(C(=O)Nc2nnc(SCc3cccc4ccccc34)s2)cc1Cl. The van der Waals surface area contributed by atoms with Crippen molar-refractivity contribution in [1.29, 1.82) is 0 Å². The lowest BCUT2D eigenvalue weighted by molar-refractivity contribution is 0.102. The minimum absolute atomic E-state index is 0.307. The molecule has 1 heterocycles. The van der Waals surface area contributed by atoms with E-state index in [4.69, 9.17) is 27.9 Å². The molecular weight excluding hydrogens is 521 g/mol. The molecule has 4 aromatic rings. The summed E-state index contributed by atoms with van der Waals surface area (Å²) in [5.74, 6) is 0.809. The smallest absolute Gasteiger partial charge is 0.257 e. The highest BCUT2D eigenvalue weighted by Crippen LogP contribution is 2.35. The van der Waals surface area contributed by atoms with Crippen LogP contribution < -0.4 is 10.1 Å². The van der Waals surface area contributed by atoms with Gasteiger partial charge in [0.05, 0.1) is 16.7 Å². The quantitative estimate of drug-likeness (QED) is 0.116. The Hall–Kier alpha value is -2.32. The van der Waals surface area contributed by atoms with Gasteiger partial charge in [0.1, 0.15) is 0 Å². The van der Waals surface area contributed by atoms with Crippen molar-refractivity contribution < 1.29 is 9.53 Å². The second-order valence-corrected chi connectivity index (χ2v) is 10.9. The number of amides is 1. The summed E-state index contributed by atoms with van der Waals surface area (Å²) in [6.45, 7) is 2.70. The van der Waals surface area contributed by atoms with Crippen LogP contribution in [-0.4, -0.2) is 22.7 Å². The molecule has 4 rings (SSSR count). The van der Waals surface area contributed by atoms with Crippen molar-refractivity contribution in [1.82, 2.24) is 10.2 Å². The third-order valence-electron chi connectivity index (χ3n) is 5.36. The monoisotopic (exact) mass is 545 g/mol. The molecule has 0 aliphatic rings. The number of nitrogens with one attached hydrogen (secondary N) is 1. The van der Waals surface area contributed by atoms with E-state index in [1.165, 1.54) is 34.1 Å². The number of unbranched alkanes of at least 4 members (excludes halogenated alkanes) is 3. The van der Waals surface area contributed by atoms with Gasteiger partial charge in [-0.15, -0.1) is 10.2 Å². The maximum absolute atomic E-state index is 12.8. The zero-order valence-electron chi connectivity index (χ0n) is 19.2. The normalized spacial score (nSPS) is 11.1. The van der Waals surface area contributed by atoms with E-state index in [2.05, 4.69) is 52.8 Å². The van der Waals surface area contributed by atoms with Crippen molar-refractivity contribution >= 4 is 68.1 Å². The zero-order valence-corrected chi connectivity index (χ0v) is 22.4. The topological polar surface area (TPSA) is 64.1 Å². The number of hydrogen-bond donors (Lipinski definition) is 1. The lowest BCUT2D eigenvalue weighted by Crippen LogP contribution is -2.12. The second kappa shape index (κ2) is 12.6. The van der Waals surface area contributed by atoms with Crippen molar-refractivity contribution in [2.45, 2.75) is 42.7 Å². The van der Waals surface area contributed by atoms with Crippen molar-refractivity contribution in [3.05, 3.63) is 75.8 Å². The lowest BCUT2D eigenvalue weighted by Gasteiger charge is -2.11. The first-order chi connectivity index (χ1) is 17.0. The first-order valence-corrected chi connectivity index (χ1v) is 14.0. The predicted octanol–water partition coefficient (Wildman–Crippen LogP) is 8.50. The van der Waals surface area contributed by atoms with Gasteiger partial charge in [-0.25, -0.2) is 0 Å². The van der Waals surface area contributed by atoms with E-state index in [0.29, 0.717) is 33.1 Å². The number of rotatable bonds is 11. The van der Waals surface area contributed by atoms with Gasteiger partial charge >= 0.3 is 0 Å². The molecular formula is C26H25Cl2N3O2S2. The lowest BCUT2D eigenvalue weighted by atomic mass is 10.1. The fourth-order valence-corrected chi connectivity index (χ4v) is 5.92. The van der Waals surface area contributed by atoms with Gasteiger partial charge in [0.25, 0.3) is 5.91 Å². The second-order valence-electron chi connectivity index (χ2n) is 7.93. The standard InChI is InChI=1S/C26H25Cl2N3O2S2/c1-2-3-4-7-13-33-23-21(27)14-19(15-22(23)28)24(32)29-25-30-31-26(35-25)34-16-18-11-8-10-17-9-5-6-12-20(17)18/h5-6,8-12,14-15H,2-4,7,13,16H2,1H3,(H,29,30,32). The maximum Gasteiger partial charge on any atom is 0.257 e. The number of hydrogen-bond acceptors (Lipinski definition) is 6. The van der Waals surface area contributed by atoms with E-state index in [9.17, 15) is 4.79 Å².